The molecule has 2 aromatic rings. The topological polar surface area (TPSA) is 54.9 Å². The summed E-state index contributed by atoms with van der Waals surface area (Å²) >= 11 is 1.44. The summed E-state index contributed by atoms with van der Waals surface area (Å²) in [5, 5.41) is 3.77. The monoisotopic (exact) mass is 261 g/mol. The molecule has 0 bridgehead atoms. The molecule has 4 nitrogen and oxygen atoms in total. The van der Waals surface area contributed by atoms with Gasteiger partial charge in [-0.25, -0.2) is 9.97 Å². The summed E-state index contributed by atoms with van der Waals surface area (Å²) in [5.74, 6) is 0.428. The second-order valence-corrected chi connectivity index (χ2v) is 5.13. The molecule has 0 radical (unpaired) electrons. The number of hydrogen-bond donors (Lipinski definition) is 1. The number of thiazole rings is 1. The molecule has 0 saturated carbocycles. The van der Waals surface area contributed by atoms with Crippen LogP contribution in [-0.4, -0.2) is 15.9 Å². The Bertz CT molecular complexity index is 560. The van der Waals surface area contributed by atoms with Crippen LogP contribution >= 0.6 is 11.3 Å². The zero-order valence-electron chi connectivity index (χ0n) is 10.7. The quantitative estimate of drug-likeness (QED) is 0.924. The lowest BCUT2D eigenvalue weighted by Gasteiger charge is -2.03. The van der Waals surface area contributed by atoms with Gasteiger partial charge < -0.3 is 5.32 Å². The zero-order chi connectivity index (χ0) is 13.1. The number of carbonyl (C=O) groups excluding carboxylic acids is 1. The Labute approximate surface area is 110 Å². The van der Waals surface area contributed by atoms with Crippen LogP contribution in [0.4, 0.5) is 5.82 Å². The third kappa shape index (κ3) is 2.73. The minimum atomic E-state index is -0.138. The van der Waals surface area contributed by atoms with E-state index in [1.165, 1.54) is 11.3 Å². The molecule has 0 unspecified atom stereocenters. The van der Waals surface area contributed by atoms with Crippen LogP contribution in [-0.2, 0) is 6.42 Å². The van der Waals surface area contributed by atoms with Gasteiger partial charge in [0.25, 0.3) is 5.91 Å². The van der Waals surface area contributed by atoms with Crippen molar-refractivity contribution in [1.29, 1.82) is 0 Å². The third-order valence-corrected chi connectivity index (χ3v) is 3.80. The van der Waals surface area contributed by atoms with Gasteiger partial charge in [0, 0.05) is 6.20 Å². The molecule has 0 aliphatic rings. The molecule has 94 valence electrons. The van der Waals surface area contributed by atoms with Crippen molar-refractivity contribution in [3.8, 4) is 0 Å². The van der Waals surface area contributed by atoms with Crippen molar-refractivity contribution >= 4 is 23.1 Å². The van der Waals surface area contributed by atoms with E-state index in [9.17, 15) is 4.79 Å². The third-order valence-electron chi connectivity index (χ3n) is 2.50. The lowest BCUT2D eigenvalue weighted by molar-refractivity contribution is 0.102. The maximum atomic E-state index is 12.1. The highest BCUT2D eigenvalue weighted by Gasteiger charge is 2.14. The van der Waals surface area contributed by atoms with Gasteiger partial charge in [-0.1, -0.05) is 13.0 Å². The molecule has 0 saturated heterocycles. The van der Waals surface area contributed by atoms with Crippen LogP contribution in [0.1, 0.15) is 32.9 Å². The van der Waals surface area contributed by atoms with Crippen molar-refractivity contribution in [2.24, 2.45) is 0 Å². The van der Waals surface area contributed by atoms with Crippen molar-refractivity contribution in [3.63, 3.8) is 0 Å². The highest BCUT2D eigenvalue weighted by Crippen LogP contribution is 2.19. The normalized spacial score (nSPS) is 10.4. The molecular formula is C13H15N3OS. The van der Waals surface area contributed by atoms with E-state index in [1.54, 1.807) is 12.3 Å². The van der Waals surface area contributed by atoms with E-state index in [4.69, 9.17) is 0 Å². The molecule has 0 aliphatic carbocycles. The maximum Gasteiger partial charge on any atom is 0.268 e. The number of nitrogens with one attached hydrogen (secondary N) is 1. The summed E-state index contributed by atoms with van der Waals surface area (Å²) < 4.78 is 0. The lowest BCUT2D eigenvalue weighted by Crippen LogP contribution is -2.12. The predicted octanol–water partition coefficient (Wildman–Crippen LogP) is 2.97. The molecule has 1 N–H and O–H groups in total. The van der Waals surface area contributed by atoms with E-state index in [0.717, 1.165) is 22.7 Å². The van der Waals surface area contributed by atoms with Gasteiger partial charge in [-0.05, 0) is 31.9 Å². The molecule has 2 aromatic heterocycles. The number of anilines is 1. The second kappa shape index (κ2) is 5.27. The molecule has 2 heterocycles. The van der Waals surface area contributed by atoms with Crippen molar-refractivity contribution in [2.45, 2.75) is 27.2 Å². The lowest BCUT2D eigenvalue weighted by atomic mass is 10.3. The Hall–Kier alpha value is -1.75. The van der Waals surface area contributed by atoms with Gasteiger partial charge in [0.05, 0.1) is 10.7 Å². The Morgan fingerprint density at radius 2 is 2.17 bits per heavy atom. The highest BCUT2D eigenvalue weighted by atomic mass is 32.1. The molecule has 5 heteroatoms. The Kier molecular flexibility index (Phi) is 3.72. The SMILES string of the molecule is CCc1nc(C)c(C(=O)Nc2ccc(C)cn2)s1. The molecule has 0 aromatic carbocycles. The summed E-state index contributed by atoms with van der Waals surface area (Å²) in [6.07, 6.45) is 2.58. The van der Waals surface area contributed by atoms with E-state index in [1.807, 2.05) is 26.8 Å². The first-order chi connectivity index (χ1) is 8.60. The molecule has 0 fully saturated rings. The predicted molar refractivity (Wildman–Crippen MR) is 73.2 cm³/mol. The number of pyridine rings is 1. The number of carbonyl (C=O) groups is 1. The summed E-state index contributed by atoms with van der Waals surface area (Å²) in [6, 6.07) is 3.71. The maximum absolute atomic E-state index is 12.1. The van der Waals surface area contributed by atoms with E-state index in [0.29, 0.717) is 10.7 Å². The van der Waals surface area contributed by atoms with Gasteiger partial charge in [0.1, 0.15) is 10.7 Å². The smallest absolute Gasteiger partial charge is 0.268 e. The van der Waals surface area contributed by atoms with Crippen LogP contribution in [0.15, 0.2) is 18.3 Å². The summed E-state index contributed by atoms with van der Waals surface area (Å²) in [7, 11) is 0. The number of nitrogens with zero attached hydrogens (tertiary/aromatic N) is 2. The molecule has 1 amide bonds. The van der Waals surface area contributed by atoms with E-state index in [2.05, 4.69) is 15.3 Å². The van der Waals surface area contributed by atoms with E-state index < -0.39 is 0 Å². The van der Waals surface area contributed by atoms with Gasteiger partial charge in [0.15, 0.2) is 0 Å². The van der Waals surface area contributed by atoms with Gasteiger partial charge in [0.2, 0.25) is 0 Å². The fraction of sp³-hybridized carbons (Fsp3) is 0.308. The molecule has 2 rings (SSSR count). The largest absolute Gasteiger partial charge is 0.306 e. The number of aromatic nitrogens is 2. The fourth-order valence-corrected chi connectivity index (χ4v) is 2.43. The van der Waals surface area contributed by atoms with Gasteiger partial charge >= 0.3 is 0 Å². The number of amides is 1. The first-order valence-electron chi connectivity index (χ1n) is 5.80. The van der Waals surface area contributed by atoms with Gasteiger partial charge in [-0.15, -0.1) is 11.3 Å². The Morgan fingerprint density at radius 1 is 1.39 bits per heavy atom. The minimum absolute atomic E-state index is 0.138. The van der Waals surface area contributed by atoms with Crippen LogP contribution in [0.25, 0.3) is 0 Å². The van der Waals surface area contributed by atoms with Crippen molar-refractivity contribution < 1.29 is 4.79 Å². The van der Waals surface area contributed by atoms with E-state index in [-0.39, 0.29) is 5.91 Å². The van der Waals surface area contributed by atoms with Gasteiger partial charge in [-0.3, -0.25) is 4.79 Å². The van der Waals surface area contributed by atoms with Crippen LogP contribution < -0.4 is 5.32 Å². The number of hydrogen-bond acceptors (Lipinski definition) is 4. The van der Waals surface area contributed by atoms with Crippen LogP contribution in [0.5, 0.6) is 0 Å². The van der Waals surface area contributed by atoms with Crippen molar-refractivity contribution in [2.75, 3.05) is 5.32 Å². The zero-order valence-corrected chi connectivity index (χ0v) is 11.5. The number of aryl methyl sites for hydroxylation is 3. The molecule has 0 atom stereocenters. The molecule has 18 heavy (non-hydrogen) atoms. The standard InChI is InChI=1S/C13H15N3OS/c1-4-11-15-9(3)12(18-11)13(17)16-10-6-5-8(2)7-14-10/h5-7H,4H2,1-3H3,(H,14,16,17). The Morgan fingerprint density at radius 3 is 2.72 bits per heavy atom. The van der Waals surface area contributed by atoms with Gasteiger partial charge in [-0.2, -0.15) is 0 Å². The van der Waals surface area contributed by atoms with Crippen LogP contribution in [0.2, 0.25) is 0 Å². The average molecular weight is 261 g/mol. The highest BCUT2D eigenvalue weighted by molar-refractivity contribution is 7.13. The second-order valence-electron chi connectivity index (χ2n) is 4.05. The van der Waals surface area contributed by atoms with Crippen molar-refractivity contribution in [1.82, 2.24) is 9.97 Å². The van der Waals surface area contributed by atoms with Crippen LogP contribution in [0.3, 0.4) is 0 Å². The Balaban J connectivity index is 2.16. The summed E-state index contributed by atoms with van der Waals surface area (Å²) in [5.41, 5.74) is 1.84. The summed E-state index contributed by atoms with van der Waals surface area (Å²) in [6.45, 7) is 5.84. The average Bonchev–Trinajstić information content (AvgIpc) is 2.73. The molecular weight excluding hydrogens is 246 g/mol. The number of rotatable bonds is 3. The fourth-order valence-electron chi connectivity index (χ4n) is 1.53. The van der Waals surface area contributed by atoms with Crippen molar-refractivity contribution in [3.05, 3.63) is 39.5 Å². The van der Waals surface area contributed by atoms with Crippen LogP contribution in [0, 0.1) is 13.8 Å². The molecule has 0 spiro atoms. The first-order valence-corrected chi connectivity index (χ1v) is 6.62. The minimum Gasteiger partial charge on any atom is -0.306 e. The van der Waals surface area contributed by atoms with E-state index >= 15 is 0 Å². The summed E-state index contributed by atoms with van der Waals surface area (Å²) in [4.78, 5) is 21.2. The molecule has 0 aliphatic heterocycles. The first kappa shape index (κ1) is 12.7.